The summed E-state index contributed by atoms with van der Waals surface area (Å²) in [5.74, 6) is 2.02. The average molecular weight is 1900 g/mol. The molecule has 0 aliphatic rings. The summed E-state index contributed by atoms with van der Waals surface area (Å²) in [4.78, 5) is 49.9. The third-order valence-corrected chi connectivity index (χ3v) is 21.2. The van der Waals surface area contributed by atoms with Crippen molar-refractivity contribution in [3.8, 4) is 28.7 Å². The summed E-state index contributed by atoms with van der Waals surface area (Å²) < 4.78 is 35.6. The van der Waals surface area contributed by atoms with Gasteiger partial charge in [-0.15, -0.1) is 0 Å². The molecule has 12 aromatic rings. The number of nitrogens with one attached hydrogen (secondary N) is 3. The van der Waals surface area contributed by atoms with Crippen molar-refractivity contribution in [1.29, 1.82) is 0 Å². The molecule has 0 atom stereocenters. The van der Waals surface area contributed by atoms with Gasteiger partial charge in [-0.25, -0.2) is 4.79 Å². The van der Waals surface area contributed by atoms with Crippen LogP contribution in [-0.4, -0.2) is 51.2 Å². The van der Waals surface area contributed by atoms with Gasteiger partial charge in [0.1, 0.15) is 61.8 Å². The van der Waals surface area contributed by atoms with E-state index in [1.54, 1.807) is 67.8 Å². The van der Waals surface area contributed by atoms with Gasteiger partial charge in [-0.1, -0.05) is 288 Å². The highest BCUT2D eigenvalue weighted by Gasteiger charge is 2.20. The number of hydrogen-bond donors (Lipinski definition) is 10. The van der Waals surface area contributed by atoms with E-state index in [1.165, 1.54) is 35.5 Å². The number of aliphatic hydroxyl groups is 4. The molecule has 0 heterocycles. The zero-order valence-corrected chi connectivity index (χ0v) is 78.7. The van der Waals surface area contributed by atoms with Gasteiger partial charge in [0.2, 0.25) is 17.7 Å². The van der Waals surface area contributed by atoms with Crippen LogP contribution in [0.4, 0.5) is 34.1 Å². The SMILES string of the molecule is C.C.C.C.CC(C)=CCc1c(CO)ccc(/C=C\C(=O)Nc2ccccc2N)c1OCc1ccc(Cl)cc1.CC(C)=CCc1c(CO)ccc(/C=C\C(=O)Nc2ccccc2N)c1OCc1ccccc1.CC(C)=CCc1c(CO)ccc(/C=C\C(=O)OCc2ccccc2)c1OCc1ccccc1.COc1ccc(COc2c(/C=C\C(=O)Nc3ccccc3N)ccc(CO)c2CC=C(C)C)cc1. The molecule has 730 valence electrons. The van der Waals surface area contributed by atoms with E-state index in [0.717, 1.165) is 111 Å². The molecule has 0 unspecified atom stereocenters. The van der Waals surface area contributed by atoms with Crippen molar-refractivity contribution in [3.05, 3.63) is 431 Å². The van der Waals surface area contributed by atoms with Gasteiger partial charge in [-0.05, 0) is 216 Å². The molecule has 0 aliphatic heterocycles. The second-order valence-electron chi connectivity index (χ2n) is 32.3. The molecule has 20 nitrogen and oxygen atoms in total. The Morgan fingerprint density at radius 3 is 0.813 bits per heavy atom. The first-order valence-corrected chi connectivity index (χ1v) is 44.6. The Morgan fingerprint density at radius 2 is 0.554 bits per heavy atom. The van der Waals surface area contributed by atoms with Crippen molar-refractivity contribution in [2.75, 3.05) is 40.3 Å². The normalized spacial score (nSPS) is 10.5. The van der Waals surface area contributed by atoms with Crippen molar-refractivity contribution >= 4 is 93.7 Å². The Labute approximate surface area is 827 Å². The molecule has 0 aliphatic carbocycles. The van der Waals surface area contributed by atoms with Crippen molar-refractivity contribution in [2.24, 2.45) is 0 Å². The molecule has 12 rings (SSSR count). The summed E-state index contributed by atoms with van der Waals surface area (Å²) in [6, 6.07) is 80.6. The highest BCUT2D eigenvalue weighted by Crippen LogP contribution is 2.37. The Kier molecular flexibility index (Phi) is 50.4. The number of carbonyl (C=O) groups is 4. The van der Waals surface area contributed by atoms with Crippen molar-refractivity contribution in [2.45, 2.75) is 170 Å². The zero-order valence-electron chi connectivity index (χ0n) is 77.9. The fourth-order valence-electron chi connectivity index (χ4n) is 13.5. The van der Waals surface area contributed by atoms with Crippen LogP contribution < -0.4 is 56.8 Å². The maximum atomic E-state index is 12.6. The van der Waals surface area contributed by atoms with Gasteiger partial charge in [0.05, 0.1) is 67.7 Å². The highest BCUT2D eigenvalue weighted by atomic mass is 35.5. The molecular weight excluding hydrogens is 1760 g/mol. The average Bonchev–Trinajstić information content (AvgIpc) is 0.993. The Hall–Kier alpha value is -15.0. The third-order valence-electron chi connectivity index (χ3n) is 20.9. The largest absolute Gasteiger partial charge is 0.497 e. The number of nitrogens with two attached hydrogens (primary N) is 3. The van der Waals surface area contributed by atoms with Crippen LogP contribution in [0.1, 0.15) is 180 Å². The number of carbonyl (C=O) groups excluding carboxylic acids is 4. The lowest BCUT2D eigenvalue weighted by Gasteiger charge is -2.17. The molecule has 12 aromatic carbocycles. The molecule has 0 radical (unpaired) electrons. The van der Waals surface area contributed by atoms with Crippen LogP contribution in [-0.2, 0) is 109 Å². The summed E-state index contributed by atoms with van der Waals surface area (Å²) in [7, 11) is 1.63. The van der Waals surface area contributed by atoms with Crippen LogP contribution in [0.15, 0.2) is 332 Å². The molecule has 0 aromatic heterocycles. The van der Waals surface area contributed by atoms with Crippen LogP contribution in [0.5, 0.6) is 28.7 Å². The van der Waals surface area contributed by atoms with E-state index in [1.807, 2.05) is 280 Å². The number of aliphatic hydroxyl groups excluding tert-OH is 4. The number of anilines is 6. The van der Waals surface area contributed by atoms with Gasteiger partial charge in [0.25, 0.3) is 0 Å². The number of halogens is 1. The van der Waals surface area contributed by atoms with Gasteiger partial charge < -0.3 is 82.0 Å². The van der Waals surface area contributed by atoms with Crippen molar-refractivity contribution in [1.82, 2.24) is 0 Å². The minimum atomic E-state index is -0.426. The van der Waals surface area contributed by atoms with Crippen LogP contribution in [0.3, 0.4) is 0 Å². The first kappa shape index (κ1) is 114. The van der Waals surface area contributed by atoms with E-state index < -0.39 is 5.97 Å². The maximum absolute atomic E-state index is 12.6. The van der Waals surface area contributed by atoms with Gasteiger partial charge in [-0.2, -0.15) is 0 Å². The summed E-state index contributed by atoms with van der Waals surface area (Å²) in [5.41, 5.74) is 40.3. The van der Waals surface area contributed by atoms with Gasteiger partial charge in [-0.3, -0.25) is 14.4 Å². The quantitative estimate of drug-likeness (QED) is 0.00744. The molecule has 13 N–H and O–H groups in total. The van der Waals surface area contributed by atoms with Crippen LogP contribution in [0, 0.1) is 0 Å². The number of ether oxygens (including phenoxy) is 6. The number of hydrogen-bond acceptors (Lipinski definition) is 17. The summed E-state index contributed by atoms with van der Waals surface area (Å²) >= 11 is 6.00. The smallest absolute Gasteiger partial charge is 0.331 e. The van der Waals surface area contributed by atoms with Gasteiger partial charge >= 0.3 is 5.97 Å². The maximum Gasteiger partial charge on any atom is 0.331 e. The lowest BCUT2D eigenvalue weighted by molar-refractivity contribution is -0.139. The summed E-state index contributed by atoms with van der Waals surface area (Å²) in [6.45, 7) is 17.5. The number of para-hydroxylation sites is 6. The molecule has 0 bridgehead atoms. The fraction of sp³-hybridized carbons (Fsp3) is 0.220. The minimum absolute atomic E-state index is 0. The molecule has 0 fully saturated rings. The van der Waals surface area contributed by atoms with E-state index in [2.05, 4.69) is 40.3 Å². The first-order chi connectivity index (χ1) is 65.3. The Balaban J connectivity index is 0.000000324. The van der Waals surface area contributed by atoms with Gasteiger partial charge in [0.15, 0.2) is 0 Å². The first-order valence-electron chi connectivity index (χ1n) is 44.2. The second kappa shape index (κ2) is 61.1. The lowest BCUT2D eigenvalue weighted by Crippen LogP contribution is -2.09. The van der Waals surface area contributed by atoms with E-state index in [9.17, 15) is 39.6 Å². The van der Waals surface area contributed by atoms with E-state index >= 15 is 0 Å². The number of nitrogen functional groups attached to an aromatic ring is 3. The molecule has 139 heavy (non-hydrogen) atoms. The number of allylic oxidation sites excluding steroid dienone is 8. The third kappa shape index (κ3) is 38.2. The van der Waals surface area contributed by atoms with E-state index in [4.69, 9.17) is 57.2 Å². The van der Waals surface area contributed by atoms with E-state index in [0.29, 0.717) is 114 Å². The van der Waals surface area contributed by atoms with Crippen molar-refractivity contribution in [3.63, 3.8) is 0 Å². The summed E-state index contributed by atoms with van der Waals surface area (Å²) in [5, 5.41) is 48.8. The van der Waals surface area contributed by atoms with Gasteiger partial charge in [0, 0.05) is 73.8 Å². The Morgan fingerprint density at radius 1 is 0.309 bits per heavy atom. The summed E-state index contributed by atoms with van der Waals surface area (Å²) in [6.07, 6.45) is 23.4. The monoisotopic (exact) mass is 1900 g/mol. The minimum Gasteiger partial charge on any atom is -0.497 e. The van der Waals surface area contributed by atoms with Crippen molar-refractivity contribution < 1.29 is 68.0 Å². The molecule has 0 saturated carbocycles. The lowest BCUT2D eigenvalue weighted by atomic mass is 9.98. The Bertz CT molecular complexity index is 6150. The van der Waals surface area contributed by atoms with Crippen LogP contribution >= 0.6 is 11.6 Å². The zero-order chi connectivity index (χ0) is 96.8. The fourth-order valence-corrected chi connectivity index (χ4v) is 13.7. The molecular formula is C118H137ClN6O14. The van der Waals surface area contributed by atoms with E-state index in [-0.39, 0.29) is 80.5 Å². The standard InChI is InChI=1S/C29H32N2O4.C29H30O4.C28H29ClN2O3.C28H30N2O3.4CH4/c1-20(2)8-16-25-23(18-32)12-11-22(13-17-28(33)31-27-7-5-4-6-26(27)30)29(25)35-19-21-9-14-24(34-3)15-10-21;1-22(2)13-17-27-26(19-30)15-14-25(29(27)33-21-24-11-7-4-8-12-24)16-18-28(31)32-20-23-9-5-3-6-10-23;1-19(2)7-15-24-22(17-32)11-10-21(28(24)34-18-20-8-13-23(29)14-9-20)12-16-27(33)31-26-6-4-3-5-25(26)30;1-20(2)12-16-24-23(18-31)14-13-22(28(24)33-19-21-8-4-3-5-9-21)15-17-27(32)30-26-11-7-6-10-25(26)29;;;;/h4-15,17,32H,16,18-19,30H2,1-3H3,(H,31,33);3-16,18,30H,17,19-21H2,1-2H3;3-14,16,32H,15,17-18,30H2,1-2H3,(H,31,33);3-15,17,31H,16,18-19,29H2,1-2H3,(H,30,32);4*1H4/b17-13-;18-16-;16-12-;17-15-;;;;. The number of amides is 3. The second-order valence-corrected chi connectivity index (χ2v) is 32.8. The number of methoxy groups -OCH3 is 1. The van der Waals surface area contributed by atoms with Crippen LogP contribution in [0.2, 0.25) is 5.02 Å². The molecule has 0 spiro atoms. The topological polar surface area (TPSA) is 319 Å². The predicted molar refractivity (Wildman–Crippen MR) is 574 cm³/mol. The molecule has 0 saturated heterocycles. The number of esters is 1. The predicted octanol–water partition coefficient (Wildman–Crippen LogP) is 25.7. The molecule has 21 heteroatoms. The molecule has 3 amide bonds. The number of benzene rings is 12. The highest BCUT2D eigenvalue weighted by molar-refractivity contribution is 6.30. The van der Waals surface area contributed by atoms with Crippen LogP contribution in [0.25, 0.3) is 24.3 Å². The number of rotatable bonds is 38.